The lowest BCUT2D eigenvalue weighted by Gasteiger charge is -2.13. The Labute approximate surface area is 78.0 Å². The summed E-state index contributed by atoms with van der Waals surface area (Å²) in [6, 6.07) is 0. The Balaban J connectivity index is 3.58. The molecule has 0 spiro atoms. The van der Waals surface area contributed by atoms with Crippen molar-refractivity contribution in [3.8, 4) is 0 Å². The van der Waals surface area contributed by atoms with Crippen LogP contribution in [0.25, 0.3) is 0 Å². The normalized spacial score (nSPS) is 15.3. The molecule has 2 N–H and O–H groups in total. The number of hydrogen-bond acceptors (Lipinski definition) is 4. The standard InChI is InChI=1S/C8H17NO2S/c1-6(4-8(10)11-3)12-7(2)5-9/h6-7H,4-5,9H2,1-3H3. The SMILES string of the molecule is COC(=O)CC(C)SC(C)CN. The molecule has 0 aliphatic rings. The van der Waals surface area contributed by atoms with E-state index in [0.29, 0.717) is 18.2 Å². The van der Waals surface area contributed by atoms with Gasteiger partial charge in [0, 0.05) is 17.0 Å². The van der Waals surface area contributed by atoms with Crippen molar-refractivity contribution < 1.29 is 9.53 Å². The lowest BCUT2D eigenvalue weighted by Crippen LogP contribution is -2.17. The number of rotatable bonds is 5. The summed E-state index contributed by atoms with van der Waals surface area (Å²) < 4.78 is 4.55. The number of thioether (sulfide) groups is 1. The minimum Gasteiger partial charge on any atom is -0.469 e. The summed E-state index contributed by atoms with van der Waals surface area (Å²) in [6.45, 7) is 4.71. The molecule has 0 radical (unpaired) electrons. The molecule has 2 unspecified atom stereocenters. The molecule has 3 nitrogen and oxygen atoms in total. The van der Waals surface area contributed by atoms with Crippen LogP contribution in [0.2, 0.25) is 0 Å². The highest BCUT2D eigenvalue weighted by Crippen LogP contribution is 2.19. The monoisotopic (exact) mass is 191 g/mol. The van der Waals surface area contributed by atoms with Gasteiger partial charge >= 0.3 is 5.97 Å². The smallest absolute Gasteiger partial charge is 0.306 e. The fourth-order valence-corrected chi connectivity index (χ4v) is 1.95. The van der Waals surface area contributed by atoms with E-state index in [2.05, 4.69) is 11.7 Å². The summed E-state index contributed by atoms with van der Waals surface area (Å²) in [5, 5.41) is 0.695. The highest BCUT2D eigenvalue weighted by molar-refractivity contribution is 8.00. The zero-order chi connectivity index (χ0) is 9.56. The highest BCUT2D eigenvalue weighted by Gasteiger charge is 2.12. The highest BCUT2D eigenvalue weighted by atomic mass is 32.2. The number of ether oxygens (including phenoxy) is 1. The molecule has 0 saturated carbocycles. The Morgan fingerprint density at radius 1 is 1.50 bits per heavy atom. The van der Waals surface area contributed by atoms with Crippen LogP contribution in [0.1, 0.15) is 20.3 Å². The molecule has 12 heavy (non-hydrogen) atoms. The molecule has 0 aliphatic heterocycles. The first-order valence-electron chi connectivity index (χ1n) is 4.02. The van der Waals surface area contributed by atoms with Gasteiger partial charge in [-0.1, -0.05) is 13.8 Å². The first-order chi connectivity index (χ1) is 5.60. The molecule has 0 rings (SSSR count). The number of carbonyl (C=O) groups excluding carboxylic acids is 1. The van der Waals surface area contributed by atoms with Gasteiger partial charge in [-0.15, -0.1) is 0 Å². The molecule has 0 saturated heterocycles. The van der Waals surface area contributed by atoms with E-state index in [0.717, 1.165) is 0 Å². The van der Waals surface area contributed by atoms with Gasteiger partial charge in [-0.3, -0.25) is 4.79 Å². The second kappa shape index (κ2) is 6.31. The minimum atomic E-state index is -0.153. The van der Waals surface area contributed by atoms with E-state index in [1.807, 2.05) is 6.92 Å². The minimum absolute atomic E-state index is 0.153. The summed E-state index contributed by atoms with van der Waals surface area (Å²) in [5.41, 5.74) is 5.45. The number of esters is 1. The van der Waals surface area contributed by atoms with Crippen LogP contribution in [0.15, 0.2) is 0 Å². The van der Waals surface area contributed by atoms with Crippen molar-refractivity contribution in [1.29, 1.82) is 0 Å². The molecule has 0 aromatic heterocycles. The average Bonchev–Trinajstić information content (AvgIpc) is 2.03. The average molecular weight is 191 g/mol. The summed E-state index contributed by atoms with van der Waals surface area (Å²) in [4.78, 5) is 10.8. The maximum atomic E-state index is 10.8. The number of nitrogens with two attached hydrogens (primary N) is 1. The third-order valence-electron chi connectivity index (χ3n) is 1.48. The fraction of sp³-hybridized carbons (Fsp3) is 0.875. The van der Waals surface area contributed by atoms with Gasteiger partial charge in [0.05, 0.1) is 13.5 Å². The molecule has 0 aromatic rings. The van der Waals surface area contributed by atoms with Gasteiger partial charge in [0.2, 0.25) is 0 Å². The molecule has 2 atom stereocenters. The van der Waals surface area contributed by atoms with Gasteiger partial charge in [-0.2, -0.15) is 11.8 Å². The van der Waals surface area contributed by atoms with Crippen molar-refractivity contribution in [3.05, 3.63) is 0 Å². The van der Waals surface area contributed by atoms with E-state index in [9.17, 15) is 4.79 Å². The number of methoxy groups -OCH3 is 1. The van der Waals surface area contributed by atoms with E-state index >= 15 is 0 Å². The first kappa shape index (κ1) is 11.8. The van der Waals surface area contributed by atoms with Gasteiger partial charge in [-0.25, -0.2) is 0 Å². The molecule has 0 bridgehead atoms. The summed E-state index contributed by atoms with van der Waals surface area (Å²) >= 11 is 1.72. The maximum absolute atomic E-state index is 10.8. The van der Waals surface area contributed by atoms with Gasteiger partial charge in [0.15, 0.2) is 0 Å². The predicted octanol–water partition coefficient (Wildman–Crippen LogP) is 1.02. The van der Waals surface area contributed by atoms with Crippen LogP contribution in [0.4, 0.5) is 0 Å². The van der Waals surface area contributed by atoms with Gasteiger partial charge in [0.1, 0.15) is 0 Å². The molecular formula is C8H17NO2S. The van der Waals surface area contributed by atoms with Crippen molar-refractivity contribution in [2.24, 2.45) is 5.73 Å². The van der Waals surface area contributed by atoms with Crippen LogP contribution in [0.3, 0.4) is 0 Å². The Bertz CT molecular complexity index is 141. The molecule has 0 aromatic carbocycles. The largest absolute Gasteiger partial charge is 0.469 e. The van der Waals surface area contributed by atoms with Crippen LogP contribution in [0, 0.1) is 0 Å². The van der Waals surface area contributed by atoms with Crippen molar-refractivity contribution in [2.75, 3.05) is 13.7 Å². The van der Waals surface area contributed by atoms with Gasteiger partial charge in [-0.05, 0) is 0 Å². The molecule has 0 fully saturated rings. The zero-order valence-electron chi connectivity index (χ0n) is 7.87. The van der Waals surface area contributed by atoms with Crippen molar-refractivity contribution >= 4 is 17.7 Å². The van der Waals surface area contributed by atoms with E-state index < -0.39 is 0 Å². The number of carbonyl (C=O) groups is 1. The van der Waals surface area contributed by atoms with Crippen LogP contribution >= 0.6 is 11.8 Å². The zero-order valence-corrected chi connectivity index (χ0v) is 8.69. The van der Waals surface area contributed by atoms with Crippen LogP contribution in [0.5, 0.6) is 0 Å². The predicted molar refractivity (Wildman–Crippen MR) is 52.2 cm³/mol. The maximum Gasteiger partial charge on any atom is 0.306 e. The quantitative estimate of drug-likeness (QED) is 0.659. The lowest BCUT2D eigenvalue weighted by molar-refractivity contribution is -0.140. The second-order valence-electron chi connectivity index (χ2n) is 2.77. The molecule has 0 amide bonds. The second-order valence-corrected chi connectivity index (χ2v) is 4.65. The van der Waals surface area contributed by atoms with E-state index in [1.165, 1.54) is 7.11 Å². The van der Waals surface area contributed by atoms with Gasteiger partial charge in [0.25, 0.3) is 0 Å². The van der Waals surface area contributed by atoms with E-state index in [1.54, 1.807) is 11.8 Å². The van der Waals surface area contributed by atoms with Crippen molar-refractivity contribution in [1.82, 2.24) is 0 Å². The van der Waals surface area contributed by atoms with Crippen LogP contribution < -0.4 is 5.73 Å². The Hall–Kier alpha value is -0.220. The molecular weight excluding hydrogens is 174 g/mol. The Morgan fingerprint density at radius 2 is 2.08 bits per heavy atom. The van der Waals surface area contributed by atoms with E-state index in [4.69, 9.17) is 5.73 Å². The number of hydrogen-bond donors (Lipinski definition) is 1. The Morgan fingerprint density at radius 3 is 2.50 bits per heavy atom. The molecule has 4 heteroatoms. The topological polar surface area (TPSA) is 52.3 Å². The first-order valence-corrected chi connectivity index (χ1v) is 4.96. The summed E-state index contributed by atoms with van der Waals surface area (Å²) in [5.74, 6) is -0.153. The third-order valence-corrected chi connectivity index (χ3v) is 2.77. The molecule has 72 valence electrons. The Kier molecular flexibility index (Phi) is 6.20. The van der Waals surface area contributed by atoms with Crippen molar-refractivity contribution in [3.63, 3.8) is 0 Å². The van der Waals surface area contributed by atoms with E-state index in [-0.39, 0.29) is 11.2 Å². The summed E-state index contributed by atoms with van der Waals surface area (Å²) in [6.07, 6.45) is 0.464. The summed E-state index contributed by atoms with van der Waals surface area (Å²) in [7, 11) is 1.41. The van der Waals surface area contributed by atoms with Crippen molar-refractivity contribution in [2.45, 2.75) is 30.8 Å². The lowest BCUT2D eigenvalue weighted by atomic mass is 10.3. The van der Waals surface area contributed by atoms with Gasteiger partial charge < -0.3 is 10.5 Å². The van der Waals surface area contributed by atoms with Crippen LogP contribution in [-0.2, 0) is 9.53 Å². The van der Waals surface area contributed by atoms with Crippen LogP contribution in [-0.4, -0.2) is 30.1 Å². The fourth-order valence-electron chi connectivity index (χ4n) is 0.818. The molecule has 0 heterocycles. The third kappa shape index (κ3) is 5.43. The molecule has 0 aliphatic carbocycles.